The van der Waals surface area contributed by atoms with Crippen molar-refractivity contribution >= 4 is 39.8 Å². The molecule has 25 heavy (non-hydrogen) atoms. The fourth-order valence-electron chi connectivity index (χ4n) is 2.13. The van der Waals surface area contributed by atoms with Crippen molar-refractivity contribution in [3.05, 3.63) is 69.6 Å². The minimum Gasteiger partial charge on any atom is -0.298 e. The number of nitrogens with one attached hydrogen (secondary N) is 1. The second-order valence-electron chi connectivity index (χ2n) is 5.02. The molecule has 0 atom stereocenters. The molecule has 2 aromatic carbocycles. The van der Waals surface area contributed by atoms with E-state index in [2.05, 4.69) is 10.3 Å². The quantitative estimate of drug-likeness (QED) is 0.399. The maximum Gasteiger partial charge on any atom is 0.269 e. The highest BCUT2D eigenvalue weighted by Gasteiger charge is 2.11. The molecular weight excluding hydrogens is 358 g/mol. The van der Waals surface area contributed by atoms with Gasteiger partial charge in [-0.2, -0.15) is 0 Å². The number of non-ortho nitro benzene ring substituents is 1. The van der Waals surface area contributed by atoms with E-state index in [0.29, 0.717) is 16.4 Å². The van der Waals surface area contributed by atoms with E-state index in [-0.39, 0.29) is 11.6 Å². The Morgan fingerprint density at radius 3 is 2.44 bits per heavy atom. The number of anilines is 1. The molecular formula is C17H13N3O3S2. The highest BCUT2D eigenvalue weighted by Crippen LogP contribution is 2.27. The van der Waals surface area contributed by atoms with Gasteiger partial charge in [-0.3, -0.25) is 20.2 Å². The van der Waals surface area contributed by atoms with Gasteiger partial charge in [-0.1, -0.05) is 0 Å². The standard InChI is InChI=1S/C17H13N3O3S2/c1-24-14-8-4-12(5-9-14)16(21)19-17-18-15(10-25-17)11-2-6-13(7-3-11)20(22)23/h2-10H,1H3,(H,18,19,21). The zero-order chi connectivity index (χ0) is 17.8. The lowest BCUT2D eigenvalue weighted by Gasteiger charge is -2.02. The number of carbonyl (C=O) groups excluding carboxylic acids is 1. The van der Waals surface area contributed by atoms with Gasteiger partial charge in [0.2, 0.25) is 0 Å². The van der Waals surface area contributed by atoms with E-state index in [9.17, 15) is 14.9 Å². The number of aromatic nitrogens is 1. The van der Waals surface area contributed by atoms with Crippen molar-refractivity contribution < 1.29 is 9.72 Å². The lowest BCUT2D eigenvalue weighted by molar-refractivity contribution is -0.384. The SMILES string of the molecule is CSc1ccc(C(=O)Nc2nc(-c3ccc([N+](=O)[O-])cc3)cs2)cc1. The van der Waals surface area contributed by atoms with Crippen LogP contribution in [0.25, 0.3) is 11.3 Å². The Kier molecular flexibility index (Phi) is 5.11. The zero-order valence-electron chi connectivity index (χ0n) is 13.1. The predicted octanol–water partition coefficient (Wildman–Crippen LogP) is 4.69. The Hall–Kier alpha value is -2.71. The van der Waals surface area contributed by atoms with Crippen LogP contribution >= 0.6 is 23.1 Å². The smallest absolute Gasteiger partial charge is 0.269 e. The summed E-state index contributed by atoms with van der Waals surface area (Å²) in [6.45, 7) is 0. The zero-order valence-corrected chi connectivity index (χ0v) is 14.8. The average Bonchev–Trinajstić information content (AvgIpc) is 3.10. The first-order chi connectivity index (χ1) is 12.1. The molecule has 0 radical (unpaired) electrons. The number of hydrogen-bond donors (Lipinski definition) is 1. The van der Waals surface area contributed by atoms with Crippen molar-refractivity contribution in [2.75, 3.05) is 11.6 Å². The van der Waals surface area contributed by atoms with Crippen LogP contribution in [0, 0.1) is 10.1 Å². The molecule has 0 aliphatic rings. The Balaban J connectivity index is 1.72. The van der Waals surface area contributed by atoms with Gasteiger partial charge in [-0.05, 0) is 42.7 Å². The van der Waals surface area contributed by atoms with Gasteiger partial charge < -0.3 is 0 Å². The maximum atomic E-state index is 12.3. The van der Waals surface area contributed by atoms with E-state index in [1.807, 2.05) is 18.4 Å². The fourth-order valence-corrected chi connectivity index (χ4v) is 3.25. The van der Waals surface area contributed by atoms with E-state index in [1.165, 1.54) is 23.5 Å². The third-order valence-corrected chi connectivity index (χ3v) is 4.95. The molecule has 0 spiro atoms. The van der Waals surface area contributed by atoms with Crippen molar-refractivity contribution in [1.29, 1.82) is 0 Å². The fraction of sp³-hybridized carbons (Fsp3) is 0.0588. The Bertz CT molecular complexity index is 906. The summed E-state index contributed by atoms with van der Waals surface area (Å²) in [6, 6.07) is 13.5. The number of nitro benzene ring substituents is 1. The molecule has 0 unspecified atom stereocenters. The number of thioether (sulfide) groups is 1. The molecule has 1 aromatic heterocycles. The second-order valence-corrected chi connectivity index (χ2v) is 6.76. The Morgan fingerprint density at radius 1 is 1.16 bits per heavy atom. The molecule has 1 amide bonds. The van der Waals surface area contributed by atoms with Gasteiger partial charge in [0.05, 0.1) is 10.6 Å². The van der Waals surface area contributed by atoms with Crippen molar-refractivity contribution in [2.24, 2.45) is 0 Å². The molecule has 0 saturated heterocycles. The summed E-state index contributed by atoms with van der Waals surface area (Å²) in [5.41, 5.74) is 2.01. The number of benzene rings is 2. The largest absolute Gasteiger partial charge is 0.298 e. The molecule has 0 bridgehead atoms. The van der Waals surface area contributed by atoms with Gasteiger partial charge >= 0.3 is 0 Å². The van der Waals surface area contributed by atoms with Crippen LogP contribution in [0.1, 0.15) is 10.4 Å². The molecule has 1 N–H and O–H groups in total. The molecule has 6 nitrogen and oxygen atoms in total. The summed E-state index contributed by atoms with van der Waals surface area (Å²) in [4.78, 5) is 28.0. The van der Waals surface area contributed by atoms with Crippen LogP contribution in [-0.4, -0.2) is 22.1 Å². The number of nitro groups is 1. The van der Waals surface area contributed by atoms with Crippen LogP contribution in [0.15, 0.2) is 58.8 Å². The lowest BCUT2D eigenvalue weighted by atomic mass is 10.1. The molecule has 1 heterocycles. The normalized spacial score (nSPS) is 10.4. The van der Waals surface area contributed by atoms with Crippen LogP contribution < -0.4 is 5.32 Å². The first-order valence-corrected chi connectivity index (χ1v) is 9.33. The van der Waals surface area contributed by atoms with E-state index in [1.54, 1.807) is 41.4 Å². The summed E-state index contributed by atoms with van der Waals surface area (Å²) in [7, 11) is 0. The Morgan fingerprint density at radius 2 is 1.84 bits per heavy atom. The monoisotopic (exact) mass is 371 g/mol. The van der Waals surface area contributed by atoms with E-state index in [0.717, 1.165) is 10.5 Å². The molecule has 126 valence electrons. The average molecular weight is 371 g/mol. The molecule has 0 fully saturated rings. The van der Waals surface area contributed by atoms with Gasteiger partial charge in [0.25, 0.3) is 11.6 Å². The van der Waals surface area contributed by atoms with Crippen LogP contribution in [-0.2, 0) is 0 Å². The van der Waals surface area contributed by atoms with Gasteiger partial charge in [-0.15, -0.1) is 23.1 Å². The molecule has 0 aliphatic carbocycles. The number of thiazole rings is 1. The minimum absolute atomic E-state index is 0.0289. The molecule has 0 aliphatic heterocycles. The van der Waals surface area contributed by atoms with Crippen molar-refractivity contribution in [3.63, 3.8) is 0 Å². The summed E-state index contributed by atoms with van der Waals surface area (Å²) in [5, 5.41) is 15.7. The van der Waals surface area contributed by atoms with Crippen LogP contribution in [0.5, 0.6) is 0 Å². The molecule has 3 rings (SSSR count). The topological polar surface area (TPSA) is 85.1 Å². The Labute approximate surface area is 152 Å². The van der Waals surface area contributed by atoms with Crippen molar-refractivity contribution in [2.45, 2.75) is 4.90 Å². The maximum absolute atomic E-state index is 12.3. The number of carbonyl (C=O) groups is 1. The van der Waals surface area contributed by atoms with Gasteiger partial charge in [0, 0.05) is 33.5 Å². The van der Waals surface area contributed by atoms with Crippen molar-refractivity contribution in [1.82, 2.24) is 4.98 Å². The number of rotatable bonds is 5. The van der Waals surface area contributed by atoms with E-state index in [4.69, 9.17) is 0 Å². The molecule has 0 saturated carbocycles. The highest BCUT2D eigenvalue weighted by atomic mass is 32.2. The first-order valence-electron chi connectivity index (χ1n) is 7.22. The summed E-state index contributed by atoms with van der Waals surface area (Å²) in [5.74, 6) is -0.225. The van der Waals surface area contributed by atoms with Crippen LogP contribution in [0.4, 0.5) is 10.8 Å². The number of nitrogens with zero attached hydrogens (tertiary/aromatic N) is 2. The summed E-state index contributed by atoms with van der Waals surface area (Å²) in [6.07, 6.45) is 1.98. The number of hydrogen-bond acceptors (Lipinski definition) is 6. The first kappa shape index (κ1) is 17.1. The highest BCUT2D eigenvalue weighted by molar-refractivity contribution is 7.98. The number of amides is 1. The van der Waals surface area contributed by atoms with Crippen molar-refractivity contribution in [3.8, 4) is 11.3 Å². The lowest BCUT2D eigenvalue weighted by Crippen LogP contribution is -2.11. The predicted molar refractivity (Wildman–Crippen MR) is 100 cm³/mol. The molecule has 8 heteroatoms. The minimum atomic E-state index is -0.446. The summed E-state index contributed by atoms with van der Waals surface area (Å²) < 4.78 is 0. The van der Waals surface area contributed by atoms with Gasteiger partial charge in [0.1, 0.15) is 0 Å². The summed E-state index contributed by atoms with van der Waals surface area (Å²) >= 11 is 2.92. The molecule has 3 aromatic rings. The third kappa shape index (κ3) is 4.04. The van der Waals surface area contributed by atoms with Gasteiger partial charge in [-0.25, -0.2) is 4.98 Å². The van der Waals surface area contributed by atoms with Crippen LogP contribution in [0.2, 0.25) is 0 Å². The van der Waals surface area contributed by atoms with Crippen LogP contribution in [0.3, 0.4) is 0 Å². The van der Waals surface area contributed by atoms with E-state index < -0.39 is 4.92 Å². The third-order valence-electron chi connectivity index (χ3n) is 3.45. The van der Waals surface area contributed by atoms with Gasteiger partial charge in [0.15, 0.2) is 5.13 Å². The van der Waals surface area contributed by atoms with E-state index >= 15 is 0 Å². The second kappa shape index (κ2) is 7.45.